The Morgan fingerprint density at radius 2 is 2.00 bits per heavy atom. The van der Waals surface area contributed by atoms with Gasteiger partial charge in [-0.05, 0) is 40.2 Å². The molecule has 1 aromatic heterocycles. The summed E-state index contributed by atoms with van der Waals surface area (Å²) in [5.41, 5.74) is -2.76. The Morgan fingerprint density at radius 3 is 2.56 bits per heavy atom. The number of pyridine rings is 1. The molecular formula is C15H13BrF4N4O. The number of alkyl halides is 2. The number of benzene rings is 1. The molecule has 134 valence electrons. The molecule has 0 radical (unpaired) electrons. The predicted octanol–water partition coefficient (Wildman–Crippen LogP) is 2.59. The second-order valence-electron chi connectivity index (χ2n) is 5.06. The molecular weight excluding hydrogens is 408 g/mol. The highest BCUT2D eigenvalue weighted by atomic mass is 79.9. The SMILES string of the molecule is NNC=NC[C@@](O)(c1ccc(F)cc1F)C(F)(F)c1ccc(Br)cn1. The quantitative estimate of drug-likeness (QED) is 0.220. The van der Waals surface area contributed by atoms with Gasteiger partial charge in [0.25, 0.3) is 0 Å². The van der Waals surface area contributed by atoms with Crippen LogP contribution in [0.3, 0.4) is 0 Å². The highest BCUT2D eigenvalue weighted by molar-refractivity contribution is 9.10. The fraction of sp³-hybridized carbons (Fsp3) is 0.200. The van der Waals surface area contributed by atoms with Crippen LogP contribution in [-0.2, 0) is 11.5 Å². The normalized spacial score (nSPS) is 14.5. The first-order valence-electron chi connectivity index (χ1n) is 6.84. The highest BCUT2D eigenvalue weighted by Crippen LogP contribution is 2.46. The molecule has 1 heterocycles. The smallest absolute Gasteiger partial charge is 0.323 e. The molecule has 2 rings (SSSR count). The van der Waals surface area contributed by atoms with E-state index in [-0.39, 0.29) is 0 Å². The van der Waals surface area contributed by atoms with Crippen LogP contribution in [0, 0.1) is 11.6 Å². The van der Waals surface area contributed by atoms with Crippen LogP contribution < -0.4 is 11.3 Å². The zero-order valence-corrected chi connectivity index (χ0v) is 14.1. The van der Waals surface area contributed by atoms with Gasteiger partial charge in [0.1, 0.15) is 17.3 Å². The number of hydrogen-bond donors (Lipinski definition) is 3. The number of nitrogens with two attached hydrogens (primary N) is 1. The number of hydrogen-bond acceptors (Lipinski definition) is 4. The molecule has 25 heavy (non-hydrogen) atoms. The van der Waals surface area contributed by atoms with Gasteiger partial charge in [0, 0.05) is 22.3 Å². The van der Waals surface area contributed by atoms with Gasteiger partial charge in [-0.1, -0.05) is 0 Å². The summed E-state index contributed by atoms with van der Waals surface area (Å²) in [6.45, 7) is -0.954. The molecule has 1 atom stereocenters. The second-order valence-corrected chi connectivity index (χ2v) is 5.97. The van der Waals surface area contributed by atoms with Gasteiger partial charge in [-0.15, -0.1) is 0 Å². The number of halogens is 5. The maximum absolute atomic E-state index is 15.0. The largest absolute Gasteiger partial charge is 0.377 e. The van der Waals surface area contributed by atoms with Crippen LogP contribution in [0.15, 0.2) is 46.0 Å². The minimum atomic E-state index is -4.04. The number of nitrogens with one attached hydrogen (secondary N) is 1. The molecule has 5 nitrogen and oxygen atoms in total. The second kappa shape index (κ2) is 7.46. The summed E-state index contributed by atoms with van der Waals surface area (Å²) >= 11 is 3.06. The predicted molar refractivity (Wildman–Crippen MR) is 86.8 cm³/mol. The Morgan fingerprint density at radius 1 is 1.28 bits per heavy atom. The lowest BCUT2D eigenvalue weighted by atomic mass is 9.84. The van der Waals surface area contributed by atoms with E-state index in [2.05, 4.69) is 25.9 Å². The molecule has 0 aliphatic rings. The molecule has 0 unspecified atom stereocenters. The molecule has 0 aliphatic carbocycles. The van der Waals surface area contributed by atoms with Crippen molar-refractivity contribution in [3.05, 3.63) is 63.9 Å². The van der Waals surface area contributed by atoms with Crippen molar-refractivity contribution in [3.63, 3.8) is 0 Å². The van der Waals surface area contributed by atoms with Gasteiger partial charge >= 0.3 is 5.92 Å². The van der Waals surface area contributed by atoms with Crippen molar-refractivity contribution in [2.75, 3.05) is 6.54 Å². The topological polar surface area (TPSA) is 83.5 Å². The van der Waals surface area contributed by atoms with Gasteiger partial charge in [0.2, 0.25) is 0 Å². The van der Waals surface area contributed by atoms with Crippen molar-refractivity contribution >= 4 is 22.3 Å². The Labute approximate surface area is 148 Å². The number of aliphatic hydroxyl groups is 1. The molecule has 0 bridgehead atoms. The van der Waals surface area contributed by atoms with Crippen LogP contribution in [0.5, 0.6) is 0 Å². The van der Waals surface area contributed by atoms with E-state index in [0.29, 0.717) is 10.5 Å². The molecule has 1 aromatic carbocycles. The molecule has 2 aromatic rings. The summed E-state index contributed by atoms with van der Waals surface area (Å²) in [6.07, 6.45) is 1.97. The zero-order chi connectivity index (χ0) is 18.7. The van der Waals surface area contributed by atoms with Gasteiger partial charge < -0.3 is 10.5 Å². The molecule has 0 saturated heterocycles. The van der Waals surface area contributed by atoms with Crippen LogP contribution in [0.25, 0.3) is 0 Å². The van der Waals surface area contributed by atoms with Crippen molar-refractivity contribution in [1.29, 1.82) is 0 Å². The van der Waals surface area contributed by atoms with E-state index in [1.807, 2.05) is 5.43 Å². The molecule has 0 saturated carbocycles. The Balaban J connectivity index is 2.61. The minimum Gasteiger partial charge on any atom is -0.377 e. The van der Waals surface area contributed by atoms with E-state index in [1.54, 1.807) is 0 Å². The summed E-state index contributed by atoms with van der Waals surface area (Å²) in [7, 11) is 0. The van der Waals surface area contributed by atoms with Gasteiger partial charge in [-0.2, -0.15) is 8.78 Å². The lowest BCUT2D eigenvalue weighted by Gasteiger charge is -2.34. The van der Waals surface area contributed by atoms with Crippen LogP contribution in [0.1, 0.15) is 11.3 Å². The first kappa shape index (κ1) is 19.3. The zero-order valence-electron chi connectivity index (χ0n) is 12.6. The summed E-state index contributed by atoms with van der Waals surface area (Å²) in [5, 5.41) is 10.7. The number of hydrazine groups is 1. The molecule has 4 N–H and O–H groups in total. The third kappa shape index (κ3) is 3.80. The van der Waals surface area contributed by atoms with Crippen molar-refractivity contribution < 1.29 is 22.7 Å². The Hall–Kier alpha value is -2.04. The van der Waals surface area contributed by atoms with Crippen molar-refractivity contribution in [1.82, 2.24) is 10.4 Å². The number of nitrogens with zero attached hydrogens (tertiary/aromatic N) is 2. The number of aliphatic imine (C=N–C) groups is 1. The van der Waals surface area contributed by atoms with Gasteiger partial charge in [-0.3, -0.25) is 9.98 Å². The number of rotatable bonds is 6. The standard InChI is InChI=1S/C15H13BrF4N4O/c16-9-1-4-13(23-6-9)15(19,20)14(25,7-22-8-24-21)11-3-2-10(17)5-12(11)18/h1-6,8,25H,7,21H2,(H,22,24)/t14-/m1/s1. The molecule has 0 aliphatic heterocycles. The van der Waals surface area contributed by atoms with Crippen molar-refractivity contribution in [3.8, 4) is 0 Å². The fourth-order valence-corrected chi connectivity index (χ4v) is 2.42. The maximum atomic E-state index is 15.0. The van der Waals surface area contributed by atoms with Gasteiger partial charge in [-0.25, -0.2) is 14.6 Å². The van der Waals surface area contributed by atoms with E-state index in [1.165, 1.54) is 6.07 Å². The summed E-state index contributed by atoms with van der Waals surface area (Å²) in [5.74, 6) is -1.38. The van der Waals surface area contributed by atoms with E-state index in [9.17, 15) is 13.9 Å². The van der Waals surface area contributed by atoms with Gasteiger partial charge in [0.15, 0.2) is 5.60 Å². The fourth-order valence-electron chi connectivity index (χ4n) is 2.18. The van der Waals surface area contributed by atoms with E-state index >= 15 is 8.78 Å². The van der Waals surface area contributed by atoms with E-state index < -0.39 is 41.0 Å². The third-order valence-corrected chi connectivity index (χ3v) is 3.90. The third-order valence-electron chi connectivity index (χ3n) is 3.43. The van der Waals surface area contributed by atoms with E-state index in [0.717, 1.165) is 30.7 Å². The Bertz CT molecular complexity index is 773. The number of aromatic nitrogens is 1. The molecule has 10 heteroatoms. The summed E-state index contributed by atoms with van der Waals surface area (Å²) < 4.78 is 57.7. The summed E-state index contributed by atoms with van der Waals surface area (Å²) in [4.78, 5) is 7.09. The van der Waals surface area contributed by atoms with Crippen LogP contribution in [-0.4, -0.2) is 23.0 Å². The highest BCUT2D eigenvalue weighted by Gasteiger charge is 2.57. The summed E-state index contributed by atoms with van der Waals surface area (Å²) in [6, 6.07) is 4.17. The molecule has 0 spiro atoms. The molecule has 0 amide bonds. The molecule has 0 fully saturated rings. The van der Waals surface area contributed by atoms with Crippen molar-refractivity contribution in [2.24, 2.45) is 10.8 Å². The van der Waals surface area contributed by atoms with Gasteiger partial charge in [0.05, 0.1) is 12.9 Å². The lowest BCUT2D eigenvalue weighted by molar-refractivity contribution is -0.193. The monoisotopic (exact) mass is 420 g/mol. The minimum absolute atomic E-state index is 0.399. The average molecular weight is 421 g/mol. The first-order chi connectivity index (χ1) is 11.7. The first-order valence-corrected chi connectivity index (χ1v) is 7.64. The maximum Gasteiger partial charge on any atom is 0.323 e. The average Bonchev–Trinajstić information content (AvgIpc) is 2.55. The van der Waals surface area contributed by atoms with Crippen molar-refractivity contribution in [2.45, 2.75) is 11.5 Å². The van der Waals surface area contributed by atoms with Crippen LogP contribution >= 0.6 is 15.9 Å². The van der Waals surface area contributed by atoms with Crippen LogP contribution in [0.2, 0.25) is 0 Å². The van der Waals surface area contributed by atoms with Crippen LogP contribution in [0.4, 0.5) is 17.6 Å². The Kier molecular flexibility index (Phi) is 5.76. The van der Waals surface area contributed by atoms with E-state index in [4.69, 9.17) is 5.84 Å². The lowest BCUT2D eigenvalue weighted by Crippen LogP contribution is -2.47.